The normalized spacial score (nSPS) is 11.2. The second kappa shape index (κ2) is 5.07. The van der Waals surface area contributed by atoms with Crippen molar-refractivity contribution >= 4 is 6.29 Å². The van der Waals surface area contributed by atoms with Crippen LogP contribution < -0.4 is 10.5 Å². The maximum atomic E-state index is 13.5. The van der Waals surface area contributed by atoms with E-state index in [1.165, 1.54) is 12.1 Å². The number of halogens is 1. The highest BCUT2D eigenvalue weighted by atomic mass is 19.1. The quantitative estimate of drug-likeness (QED) is 0.781. The minimum atomic E-state index is -0.533. The highest BCUT2D eigenvalue weighted by molar-refractivity contribution is 5.74. The molecule has 0 atom stereocenters. The van der Waals surface area contributed by atoms with Gasteiger partial charge in [-0.1, -0.05) is 0 Å². The summed E-state index contributed by atoms with van der Waals surface area (Å²) in [7, 11) is 0. The van der Waals surface area contributed by atoms with Crippen LogP contribution in [0.2, 0.25) is 0 Å². The minimum Gasteiger partial charge on any atom is -0.485 e. The minimum absolute atomic E-state index is 0.143. The SMILES string of the molecule is CC(C)(CCN)Oc1ccc(C=O)cc1F. The summed E-state index contributed by atoms with van der Waals surface area (Å²) >= 11 is 0. The number of carbonyl (C=O) groups is 1. The molecule has 16 heavy (non-hydrogen) atoms. The van der Waals surface area contributed by atoms with E-state index in [1.54, 1.807) is 0 Å². The van der Waals surface area contributed by atoms with Crippen molar-refractivity contribution in [3.63, 3.8) is 0 Å². The summed E-state index contributed by atoms with van der Waals surface area (Å²) in [5.41, 5.74) is 5.21. The van der Waals surface area contributed by atoms with Crippen LogP contribution in [-0.4, -0.2) is 18.4 Å². The number of carbonyl (C=O) groups excluding carboxylic acids is 1. The molecule has 0 spiro atoms. The predicted molar refractivity (Wildman–Crippen MR) is 60.2 cm³/mol. The number of ether oxygens (including phenoxy) is 1. The predicted octanol–water partition coefficient (Wildman–Crippen LogP) is 2.14. The van der Waals surface area contributed by atoms with E-state index in [-0.39, 0.29) is 5.75 Å². The molecule has 2 N–H and O–H groups in total. The van der Waals surface area contributed by atoms with Crippen LogP contribution >= 0.6 is 0 Å². The van der Waals surface area contributed by atoms with Crippen molar-refractivity contribution in [3.05, 3.63) is 29.6 Å². The van der Waals surface area contributed by atoms with Crippen molar-refractivity contribution in [2.45, 2.75) is 25.9 Å². The van der Waals surface area contributed by atoms with Gasteiger partial charge in [0.05, 0.1) is 0 Å². The van der Waals surface area contributed by atoms with Gasteiger partial charge in [-0.25, -0.2) is 4.39 Å². The summed E-state index contributed by atoms with van der Waals surface area (Å²) in [5.74, 6) is -0.390. The Morgan fingerprint density at radius 1 is 1.50 bits per heavy atom. The molecule has 1 rings (SSSR count). The van der Waals surface area contributed by atoms with Gasteiger partial charge in [-0.2, -0.15) is 0 Å². The number of nitrogens with two attached hydrogens (primary N) is 1. The molecule has 0 aliphatic heterocycles. The molecular formula is C12H16FNO2. The highest BCUT2D eigenvalue weighted by Gasteiger charge is 2.20. The van der Waals surface area contributed by atoms with E-state index < -0.39 is 11.4 Å². The first-order valence-electron chi connectivity index (χ1n) is 5.12. The monoisotopic (exact) mass is 225 g/mol. The smallest absolute Gasteiger partial charge is 0.165 e. The Kier molecular flexibility index (Phi) is 4.01. The third-order valence-electron chi connectivity index (χ3n) is 2.22. The summed E-state index contributed by atoms with van der Waals surface area (Å²) in [6.45, 7) is 4.15. The maximum absolute atomic E-state index is 13.5. The van der Waals surface area contributed by atoms with E-state index in [4.69, 9.17) is 10.5 Å². The lowest BCUT2D eigenvalue weighted by molar-refractivity contribution is 0.0966. The summed E-state index contributed by atoms with van der Waals surface area (Å²) in [6, 6.07) is 4.13. The van der Waals surface area contributed by atoms with Crippen LogP contribution in [0.5, 0.6) is 5.75 Å². The molecule has 0 amide bonds. The van der Waals surface area contributed by atoms with Crippen LogP contribution in [0.25, 0.3) is 0 Å². The standard InChI is InChI=1S/C12H16FNO2/c1-12(2,5-6-14)16-11-4-3-9(8-15)7-10(11)13/h3-4,7-8H,5-6,14H2,1-2H3. The molecule has 0 bridgehead atoms. The average Bonchev–Trinajstić information content (AvgIpc) is 2.20. The summed E-state index contributed by atoms with van der Waals surface area (Å²) in [4.78, 5) is 10.4. The summed E-state index contributed by atoms with van der Waals surface area (Å²) in [6.07, 6.45) is 1.22. The fraction of sp³-hybridized carbons (Fsp3) is 0.417. The van der Waals surface area contributed by atoms with Crippen LogP contribution in [0.4, 0.5) is 4.39 Å². The van der Waals surface area contributed by atoms with Gasteiger partial charge in [-0.15, -0.1) is 0 Å². The molecule has 88 valence electrons. The number of rotatable bonds is 5. The van der Waals surface area contributed by atoms with Crippen molar-refractivity contribution < 1.29 is 13.9 Å². The molecule has 0 fully saturated rings. The second-order valence-electron chi connectivity index (χ2n) is 4.21. The molecule has 0 radical (unpaired) electrons. The first kappa shape index (κ1) is 12.6. The molecule has 0 saturated carbocycles. The van der Waals surface area contributed by atoms with Gasteiger partial charge in [0.15, 0.2) is 11.6 Å². The number of aldehydes is 1. The van der Waals surface area contributed by atoms with Gasteiger partial charge in [0, 0.05) is 5.56 Å². The van der Waals surface area contributed by atoms with Gasteiger partial charge in [0.25, 0.3) is 0 Å². The van der Waals surface area contributed by atoms with Crippen LogP contribution in [0.15, 0.2) is 18.2 Å². The van der Waals surface area contributed by atoms with Crippen LogP contribution in [0, 0.1) is 5.82 Å². The molecule has 0 aliphatic rings. The summed E-state index contributed by atoms with van der Waals surface area (Å²) < 4.78 is 19.0. The first-order chi connectivity index (χ1) is 7.48. The molecule has 0 aromatic heterocycles. The molecule has 4 heteroatoms. The topological polar surface area (TPSA) is 52.3 Å². The number of benzene rings is 1. The van der Waals surface area contributed by atoms with Gasteiger partial charge < -0.3 is 10.5 Å². The van der Waals surface area contributed by atoms with Crippen LogP contribution in [0.3, 0.4) is 0 Å². The van der Waals surface area contributed by atoms with E-state index in [9.17, 15) is 9.18 Å². The Balaban J connectivity index is 2.85. The molecular weight excluding hydrogens is 209 g/mol. The largest absolute Gasteiger partial charge is 0.485 e. The molecule has 0 unspecified atom stereocenters. The van der Waals surface area contributed by atoms with E-state index in [1.807, 2.05) is 13.8 Å². The van der Waals surface area contributed by atoms with Crippen molar-refractivity contribution in [3.8, 4) is 5.75 Å². The molecule has 0 aliphatic carbocycles. The van der Waals surface area contributed by atoms with Crippen LogP contribution in [0.1, 0.15) is 30.6 Å². The lowest BCUT2D eigenvalue weighted by atomic mass is 10.1. The molecule has 1 aromatic rings. The van der Waals surface area contributed by atoms with Gasteiger partial charge in [-0.3, -0.25) is 4.79 Å². The van der Waals surface area contributed by atoms with Gasteiger partial charge >= 0.3 is 0 Å². The van der Waals surface area contributed by atoms with Crippen molar-refractivity contribution in [1.29, 1.82) is 0 Å². The van der Waals surface area contributed by atoms with Gasteiger partial charge in [0.1, 0.15) is 11.9 Å². The van der Waals surface area contributed by atoms with Crippen molar-refractivity contribution in [2.24, 2.45) is 5.73 Å². The number of hydrogen-bond acceptors (Lipinski definition) is 3. The number of hydrogen-bond donors (Lipinski definition) is 1. The van der Waals surface area contributed by atoms with E-state index in [2.05, 4.69) is 0 Å². The Labute approximate surface area is 94.4 Å². The van der Waals surface area contributed by atoms with Crippen LogP contribution in [-0.2, 0) is 0 Å². The Morgan fingerprint density at radius 3 is 2.69 bits per heavy atom. The fourth-order valence-electron chi connectivity index (χ4n) is 1.37. The van der Waals surface area contributed by atoms with Crippen molar-refractivity contribution in [1.82, 2.24) is 0 Å². The zero-order valence-electron chi connectivity index (χ0n) is 9.50. The molecule has 0 saturated heterocycles. The maximum Gasteiger partial charge on any atom is 0.165 e. The summed E-state index contributed by atoms with van der Waals surface area (Å²) in [5, 5.41) is 0. The molecule has 1 aromatic carbocycles. The third-order valence-corrected chi connectivity index (χ3v) is 2.22. The molecule has 3 nitrogen and oxygen atoms in total. The average molecular weight is 225 g/mol. The second-order valence-corrected chi connectivity index (χ2v) is 4.21. The fourth-order valence-corrected chi connectivity index (χ4v) is 1.37. The first-order valence-corrected chi connectivity index (χ1v) is 5.12. The van der Waals surface area contributed by atoms with Crippen molar-refractivity contribution in [2.75, 3.05) is 6.54 Å². The Bertz CT molecular complexity index is 377. The zero-order valence-corrected chi connectivity index (χ0v) is 9.50. The Morgan fingerprint density at radius 2 is 2.19 bits per heavy atom. The molecule has 0 heterocycles. The third kappa shape index (κ3) is 3.31. The van der Waals surface area contributed by atoms with E-state index in [0.29, 0.717) is 24.8 Å². The van der Waals surface area contributed by atoms with E-state index >= 15 is 0 Å². The van der Waals surface area contributed by atoms with Gasteiger partial charge in [0.2, 0.25) is 0 Å². The lowest BCUT2D eigenvalue weighted by Crippen LogP contribution is -2.31. The van der Waals surface area contributed by atoms with Gasteiger partial charge in [-0.05, 0) is 45.0 Å². The lowest BCUT2D eigenvalue weighted by Gasteiger charge is -2.26. The van der Waals surface area contributed by atoms with E-state index in [0.717, 1.165) is 6.07 Å². The zero-order chi connectivity index (χ0) is 12.2. The Hall–Kier alpha value is -1.42. The highest BCUT2D eigenvalue weighted by Crippen LogP contribution is 2.24.